The Balaban J connectivity index is 1.26. The van der Waals surface area contributed by atoms with E-state index in [0.29, 0.717) is 6.10 Å². The highest BCUT2D eigenvalue weighted by Gasteiger charge is 2.32. The summed E-state index contributed by atoms with van der Waals surface area (Å²) in [5.41, 5.74) is 1.31. The van der Waals surface area contributed by atoms with Gasteiger partial charge in [0.1, 0.15) is 0 Å². The first-order valence-electron chi connectivity index (χ1n) is 8.59. The third-order valence-electron chi connectivity index (χ3n) is 4.62. The Morgan fingerprint density at radius 1 is 1.13 bits per heavy atom. The second-order valence-corrected chi connectivity index (χ2v) is 7.65. The van der Waals surface area contributed by atoms with Crippen molar-refractivity contribution in [2.75, 3.05) is 26.2 Å². The van der Waals surface area contributed by atoms with E-state index in [-0.39, 0.29) is 0 Å². The summed E-state index contributed by atoms with van der Waals surface area (Å²) < 4.78 is 5.90. The number of ether oxygens (including phenoxy) is 1. The third-order valence-corrected chi connectivity index (χ3v) is 5.76. The molecule has 1 aliphatic carbocycles. The lowest BCUT2D eigenvalue weighted by Crippen LogP contribution is -2.47. The van der Waals surface area contributed by atoms with Crippen LogP contribution in [0.5, 0.6) is 0 Å². The summed E-state index contributed by atoms with van der Waals surface area (Å²) in [6.45, 7) is 4.98. The standard InChI is InChI=1S/C19H24N2OS/c1-2-4-15(5-3-1)19-9-8-18(23-19)13-20-12-17-14-21(10-11-22-17)16-6-7-16/h1-5,8-9,16-17,20H,6-7,10-14H2. The van der Waals surface area contributed by atoms with Crippen LogP contribution in [0.3, 0.4) is 0 Å². The lowest BCUT2D eigenvalue weighted by molar-refractivity contribution is -0.0301. The highest BCUT2D eigenvalue weighted by atomic mass is 32.1. The normalized spacial score (nSPS) is 22.3. The molecular weight excluding hydrogens is 304 g/mol. The Kier molecular flexibility index (Phi) is 4.76. The monoisotopic (exact) mass is 328 g/mol. The van der Waals surface area contributed by atoms with E-state index in [2.05, 4.69) is 52.7 Å². The average Bonchev–Trinajstić information content (AvgIpc) is 3.35. The van der Waals surface area contributed by atoms with Crippen molar-refractivity contribution >= 4 is 11.3 Å². The van der Waals surface area contributed by atoms with E-state index in [0.717, 1.165) is 38.8 Å². The summed E-state index contributed by atoms with van der Waals surface area (Å²) in [7, 11) is 0. The van der Waals surface area contributed by atoms with Gasteiger partial charge in [-0.2, -0.15) is 0 Å². The molecule has 23 heavy (non-hydrogen) atoms. The number of nitrogens with zero attached hydrogens (tertiary/aromatic N) is 1. The maximum atomic E-state index is 5.90. The maximum absolute atomic E-state index is 5.90. The number of rotatable bonds is 6. The largest absolute Gasteiger partial charge is 0.374 e. The zero-order valence-corrected chi connectivity index (χ0v) is 14.2. The molecule has 1 unspecified atom stereocenters. The third kappa shape index (κ3) is 4.01. The molecule has 0 bridgehead atoms. The fourth-order valence-corrected chi connectivity index (χ4v) is 4.21. The van der Waals surface area contributed by atoms with Crippen LogP contribution < -0.4 is 5.32 Å². The van der Waals surface area contributed by atoms with Gasteiger partial charge in [-0.1, -0.05) is 30.3 Å². The number of benzene rings is 1. The van der Waals surface area contributed by atoms with Gasteiger partial charge >= 0.3 is 0 Å². The quantitative estimate of drug-likeness (QED) is 0.880. The number of thiophene rings is 1. The highest BCUT2D eigenvalue weighted by molar-refractivity contribution is 7.15. The van der Waals surface area contributed by atoms with Gasteiger partial charge in [-0.15, -0.1) is 11.3 Å². The van der Waals surface area contributed by atoms with Gasteiger partial charge in [0.2, 0.25) is 0 Å². The van der Waals surface area contributed by atoms with E-state index in [4.69, 9.17) is 4.74 Å². The molecule has 1 atom stereocenters. The van der Waals surface area contributed by atoms with Crippen molar-refractivity contribution < 1.29 is 4.74 Å². The summed E-state index contributed by atoms with van der Waals surface area (Å²) in [5.74, 6) is 0. The molecule has 2 heterocycles. The van der Waals surface area contributed by atoms with Crippen molar-refractivity contribution in [2.24, 2.45) is 0 Å². The molecule has 2 fully saturated rings. The second-order valence-electron chi connectivity index (χ2n) is 6.48. The first-order chi connectivity index (χ1) is 11.4. The van der Waals surface area contributed by atoms with Gasteiger partial charge < -0.3 is 10.1 Å². The summed E-state index contributed by atoms with van der Waals surface area (Å²) in [6.07, 6.45) is 3.12. The van der Waals surface area contributed by atoms with Crippen molar-refractivity contribution in [1.29, 1.82) is 0 Å². The lowest BCUT2D eigenvalue weighted by atomic mass is 10.2. The molecule has 1 aliphatic heterocycles. The van der Waals surface area contributed by atoms with Crippen LogP contribution in [0.1, 0.15) is 17.7 Å². The second kappa shape index (κ2) is 7.14. The molecule has 2 aliphatic rings. The first kappa shape index (κ1) is 15.3. The highest BCUT2D eigenvalue weighted by Crippen LogP contribution is 2.29. The van der Waals surface area contributed by atoms with E-state index in [9.17, 15) is 0 Å². The van der Waals surface area contributed by atoms with Crippen LogP contribution in [0, 0.1) is 0 Å². The maximum Gasteiger partial charge on any atom is 0.0826 e. The van der Waals surface area contributed by atoms with Crippen molar-refractivity contribution in [3.8, 4) is 10.4 Å². The molecule has 0 amide bonds. The number of hydrogen-bond acceptors (Lipinski definition) is 4. The van der Waals surface area contributed by atoms with Crippen LogP contribution in [0.2, 0.25) is 0 Å². The summed E-state index contributed by atoms with van der Waals surface area (Å²) >= 11 is 1.87. The van der Waals surface area contributed by atoms with Crippen molar-refractivity contribution in [1.82, 2.24) is 10.2 Å². The zero-order valence-electron chi connectivity index (χ0n) is 13.4. The molecule has 4 rings (SSSR count). The molecular formula is C19H24N2OS. The molecule has 4 heteroatoms. The minimum absolute atomic E-state index is 0.345. The molecule has 1 aromatic carbocycles. The molecule has 3 nitrogen and oxygen atoms in total. The first-order valence-corrected chi connectivity index (χ1v) is 9.40. The van der Waals surface area contributed by atoms with Crippen LogP contribution in [-0.2, 0) is 11.3 Å². The van der Waals surface area contributed by atoms with Crippen LogP contribution in [-0.4, -0.2) is 43.3 Å². The number of nitrogens with one attached hydrogen (secondary N) is 1. The summed E-state index contributed by atoms with van der Waals surface area (Å²) in [4.78, 5) is 5.34. The Bertz CT molecular complexity index is 623. The lowest BCUT2D eigenvalue weighted by Gasteiger charge is -2.33. The molecule has 1 saturated carbocycles. The Labute approximate surface area is 142 Å². The topological polar surface area (TPSA) is 24.5 Å². The predicted molar refractivity (Wildman–Crippen MR) is 95.8 cm³/mol. The molecule has 1 N–H and O–H groups in total. The average molecular weight is 328 g/mol. The van der Waals surface area contributed by atoms with Crippen molar-refractivity contribution in [3.05, 3.63) is 47.3 Å². The minimum atomic E-state index is 0.345. The molecule has 122 valence electrons. The van der Waals surface area contributed by atoms with Gasteiger partial charge in [-0.05, 0) is 30.5 Å². The van der Waals surface area contributed by atoms with E-state index < -0.39 is 0 Å². The minimum Gasteiger partial charge on any atom is -0.374 e. The fraction of sp³-hybridized carbons (Fsp3) is 0.474. The molecule has 1 aromatic heterocycles. The number of hydrogen-bond donors (Lipinski definition) is 1. The van der Waals surface area contributed by atoms with Crippen LogP contribution in [0.4, 0.5) is 0 Å². The molecule has 2 aromatic rings. The summed E-state index contributed by atoms with van der Waals surface area (Å²) in [6, 6.07) is 15.9. The predicted octanol–water partition coefficient (Wildman–Crippen LogP) is 3.37. The van der Waals surface area contributed by atoms with Gasteiger partial charge in [-0.3, -0.25) is 4.90 Å². The van der Waals surface area contributed by atoms with Crippen molar-refractivity contribution in [3.63, 3.8) is 0 Å². The number of morpholine rings is 1. The molecule has 1 saturated heterocycles. The Morgan fingerprint density at radius 2 is 2.00 bits per heavy atom. The smallest absolute Gasteiger partial charge is 0.0826 e. The van der Waals surface area contributed by atoms with Crippen molar-refractivity contribution in [2.45, 2.75) is 31.5 Å². The Hall–Kier alpha value is -1.20. The van der Waals surface area contributed by atoms with E-state index in [1.54, 1.807) is 0 Å². The van der Waals surface area contributed by atoms with Gasteiger partial charge in [0.25, 0.3) is 0 Å². The van der Waals surface area contributed by atoms with E-state index in [1.165, 1.54) is 28.2 Å². The van der Waals surface area contributed by atoms with E-state index in [1.807, 2.05) is 11.3 Å². The Morgan fingerprint density at radius 3 is 2.83 bits per heavy atom. The van der Waals surface area contributed by atoms with Gasteiger partial charge in [0.05, 0.1) is 12.7 Å². The van der Waals surface area contributed by atoms with Gasteiger partial charge in [0, 0.05) is 42.0 Å². The molecule has 0 spiro atoms. The van der Waals surface area contributed by atoms with Gasteiger partial charge in [-0.25, -0.2) is 0 Å². The molecule has 0 radical (unpaired) electrons. The van der Waals surface area contributed by atoms with E-state index >= 15 is 0 Å². The summed E-state index contributed by atoms with van der Waals surface area (Å²) in [5, 5.41) is 3.57. The zero-order chi connectivity index (χ0) is 15.5. The van der Waals surface area contributed by atoms with Crippen LogP contribution in [0.15, 0.2) is 42.5 Å². The van der Waals surface area contributed by atoms with Gasteiger partial charge in [0.15, 0.2) is 0 Å². The van der Waals surface area contributed by atoms with Crippen LogP contribution >= 0.6 is 11.3 Å². The SMILES string of the molecule is c1ccc(-c2ccc(CNCC3CN(C4CC4)CCO3)s2)cc1. The van der Waals surface area contributed by atoms with Crippen LogP contribution in [0.25, 0.3) is 10.4 Å². The fourth-order valence-electron chi connectivity index (χ4n) is 3.22.